The fourth-order valence-corrected chi connectivity index (χ4v) is 4.57. The molecule has 32 heavy (non-hydrogen) atoms. The van der Waals surface area contributed by atoms with Gasteiger partial charge < -0.3 is 25.2 Å². The smallest absolute Gasteiger partial charge is 0.322 e. The number of hydrogen-bond donors (Lipinski definition) is 2. The lowest BCUT2D eigenvalue weighted by atomic mass is 9.96. The number of benzene rings is 2. The number of hydrogen-bond acceptors (Lipinski definition) is 4. The van der Waals surface area contributed by atoms with Gasteiger partial charge in [-0.15, -0.1) is 0 Å². The molecule has 2 atom stereocenters. The monoisotopic (exact) mass is 436 g/mol. The highest BCUT2D eigenvalue weighted by Gasteiger charge is 2.50. The van der Waals surface area contributed by atoms with Gasteiger partial charge in [-0.25, -0.2) is 4.79 Å². The van der Waals surface area contributed by atoms with Crippen LogP contribution in [0.1, 0.15) is 30.0 Å². The fourth-order valence-electron chi connectivity index (χ4n) is 4.57. The second-order valence-corrected chi connectivity index (χ2v) is 9.17. The van der Waals surface area contributed by atoms with Crippen LogP contribution in [0.4, 0.5) is 16.2 Å². The molecule has 2 aliphatic rings. The van der Waals surface area contributed by atoms with Crippen molar-refractivity contribution in [2.45, 2.75) is 44.9 Å². The number of amides is 3. The number of carbonyl (C=O) groups is 2. The molecule has 7 nitrogen and oxygen atoms in total. The van der Waals surface area contributed by atoms with Crippen LogP contribution in [0.5, 0.6) is 0 Å². The van der Waals surface area contributed by atoms with Gasteiger partial charge in [0, 0.05) is 44.5 Å². The molecule has 1 fully saturated rings. The summed E-state index contributed by atoms with van der Waals surface area (Å²) >= 11 is 0. The van der Waals surface area contributed by atoms with Gasteiger partial charge >= 0.3 is 6.03 Å². The third-order valence-electron chi connectivity index (χ3n) is 6.64. The van der Waals surface area contributed by atoms with Gasteiger partial charge in [0.05, 0.1) is 6.10 Å². The molecule has 0 spiro atoms. The van der Waals surface area contributed by atoms with E-state index in [4.69, 9.17) is 4.74 Å². The van der Waals surface area contributed by atoms with Crippen molar-refractivity contribution in [1.82, 2.24) is 9.80 Å². The highest BCUT2D eigenvalue weighted by atomic mass is 16.5. The standard InChI is InChI=1S/C25H32N4O3/c1-17-5-8-20(9-6-17)27-24(31)29-16-22(32-4)14-25(29,2)23(30)26-21-10-7-19-15-28(3)12-11-18(19)13-21/h5-10,13,22H,11-12,14-16H2,1-4H3,(H,26,30)(H,27,31)/t22?,25-/m0/s1. The van der Waals surface area contributed by atoms with Gasteiger partial charge in [-0.1, -0.05) is 23.8 Å². The van der Waals surface area contributed by atoms with Crippen molar-refractivity contribution < 1.29 is 14.3 Å². The largest absolute Gasteiger partial charge is 0.380 e. The second kappa shape index (κ2) is 8.92. The van der Waals surface area contributed by atoms with Crippen molar-refractivity contribution in [2.75, 3.05) is 37.9 Å². The molecule has 2 aromatic carbocycles. The van der Waals surface area contributed by atoms with E-state index in [9.17, 15) is 9.59 Å². The lowest BCUT2D eigenvalue weighted by molar-refractivity contribution is -0.124. The summed E-state index contributed by atoms with van der Waals surface area (Å²) in [4.78, 5) is 30.4. The van der Waals surface area contributed by atoms with E-state index in [0.29, 0.717) is 18.7 Å². The Morgan fingerprint density at radius 2 is 1.78 bits per heavy atom. The Labute approximate surface area is 189 Å². The predicted octanol–water partition coefficient (Wildman–Crippen LogP) is 3.63. The average Bonchev–Trinajstić information content (AvgIpc) is 3.13. The zero-order chi connectivity index (χ0) is 22.9. The van der Waals surface area contributed by atoms with Gasteiger partial charge in [-0.05, 0) is 62.7 Å². The number of ether oxygens (including phenoxy) is 1. The highest BCUT2D eigenvalue weighted by Crippen LogP contribution is 2.33. The van der Waals surface area contributed by atoms with E-state index in [1.54, 1.807) is 12.0 Å². The van der Waals surface area contributed by atoms with E-state index < -0.39 is 5.54 Å². The summed E-state index contributed by atoms with van der Waals surface area (Å²) in [7, 11) is 3.73. The van der Waals surface area contributed by atoms with Gasteiger partial charge in [-0.3, -0.25) is 4.79 Å². The Hall–Kier alpha value is -2.90. The van der Waals surface area contributed by atoms with Crippen LogP contribution in [0.3, 0.4) is 0 Å². The van der Waals surface area contributed by atoms with Crippen molar-refractivity contribution in [3.8, 4) is 0 Å². The normalized spacial score (nSPS) is 23.0. The summed E-state index contributed by atoms with van der Waals surface area (Å²) < 4.78 is 5.53. The third-order valence-corrected chi connectivity index (χ3v) is 6.64. The molecule has 2 N–H and O–H groups in total. The molecule has 0 bridgehead atoms. The maximum Gasteiger partial charge on any atom is 0.322 e. The van der Waals surface area contributed by atoms with Gasteiger partial charge in [-0.2, -0.15) is 0 Å². The van der Waals surface area contributed by atoms with E-state index in [0.717, 1.165) is 30.8 Å². The Bertz CT molecular complexity index is 1010. The molecule has 0 saturated carbocycles. The fraction of sp³-hybridized carbons (Fsp3) is 0.440. The summed E-state index contributed by atoms with van der Waals surface area (Å²) in [5.41, 5.74) is 4.11. The van der Waals surface area contributed by atoms with Gasteiger partial charge in [0.2, 0.25) is 5.91 Å². The maximum atomic E-state index is 13.4. The number of methoxy groups -OCH3 is 1. The van der Waals surface area contributed by atoms with Crippen LogP contribution in [-0.4, -0.2) is 60.6 Å². The average molecular weight is 437 g/mol. The number of fused-ring (bicyclic) bond motifs is 1. The van der Waals surface area contributed by atoms with Crippen LogP contribution >= 0.6 is 0 Å². The first-order valence-electron chi connectivity index (χ1n) is 11.1. The van der Waals surface area contributed by atoms with E-state index in [1.165, 1.54) is 11.1 Å². The topological polar surface area (TPSA) is 73.9 Å². The summed E-state index contributed by atoms with van der Waals surface area (Å²) in [5, 5.41) is 5.98. The van der Waals surface area contributed by atoms with Crippen LogP contribution in [0.2, 0.25) is 0 Å². The molecule has 0 aliphatic carbocycles. The maximum absolute atomic E-state index is 13.4. The number of urea groups is 1. The SMILES string of the molecule is COC1CN(C(=O)Nc2ccc(C)cc2)[C@](C)(C(=O)Nc2ccc3c(c2)CCN(C)C3)C1. The summed E-state index contributed by atoms with van der Waals surface area (Å²) in [6, 6.07) is 13.4. The third kappa shape index (κ3) is 4.49. The minimum atomic E-state index is -1.02. The summed E-state index contributed by atoms with van der Waals surface area (Å²) in [5.74, 6) is -0.205. The molecule has 2 heterocycles. The Morgan fingerprint density at radius 1 is 1.06 bits per heavy atom. The lowest BCUT2D eigenvalue weighted by Crippen LogP contribution is -2.54. The molecule has 1 unspecified atom stereocenters. The van der Waals surface area contributed by atoms with E-state index in [1.807, 2.05) is 44.2 Å². The lowest BCUT2D eigenvalue weighted by Gasteiger charge is -2.33. The number of carbonyl (C=O) groups excluding carboxylic acids is 2. The van der Waals surface area contributed by atoms with Crippen molar-refractivity contribution in [2.24, 2.45) is 0 Å². The van der Waals surface area contributed by atoms with Gasteiger partial charge in [0.25, 0.3) is 0 Å². The molecule has 3 amide bonds. The molecule has 2 aliphatic heterocycles. The quantitative estimate of drug-likeness (QED) is 0.768. The molecular formula is C25H32N4O3. The number of aryl methyl sites for hydroxylation is 1. The van der Waals surface area contributed by atoms with Crippen molar-refractivity contribution >= 4 is 23.3 Å². The van der Waals surface area contributed by atoms with Crippen LogP contribution in [0.15, 0.2) is 42.5 Å². The van der Waals surface area contributed by atoms with Gasteiger partial charge in [0.15, 0.2) is 0 Å². The minimum Gasteiger partial charge on any atom is -0.380 e. The minimum absolute atomic E-state index is 0.200. The first kappa shape index (κ1) is 22.3. The molecule has 170 valence electrons. The Morgan fingerprint density at radius 3 is 2.50 bits per heavy atom. The summed E-state index contributed by atoms with van der Waals surface area (Å²) in [6.45, 7) is 6.09. The molecular weight excluding hydrogens is 404 g/mol. The van der Waals surface area contributed by atoms with Crippen LogP contribution in [0, 0.1) is 6.92 Å². The molecule has 2 aromatic rings. The molecule has 7 heteroatoms. The number of likely N-dealkylation sites (tertiary alicyclic amines) is 1. The number of nitrogens with one attached hydrogen (secondary N) is 2. The molecule has 4 rings (SSSR count). The first-order valence-corrected chi connectivity index (χ1v) is 11.1. The van der Waals surface area contributed by atoms with Crippen LogP contribution < -0.4 is 10.6 Å². The van der Waals surface area contributed by atoms with E-state index >= 15 is 0 Å². The van der Waals surface area contributed by atoms with Crippen LogP contribution in [0.25, 0.3) is 0 Å². The number of likely N-dealkylation sites (N-methyl/N-ethyl adjacent to an activating group) is 1. The van der Waals surface area contributed by atoms with Crippen molar-refractivity contribution in [1.29, 1.82) is 0 Å². The van der Waals surface area contributed by atoms with Crippen molar-refractivity contribution in [3.63, 3.8) is 0 Å². The van der Waals surface area contributed by atoms with E-state index in [2.05, 4.69) is 34.7 Å². The predicted molar refractivity (Wildman–Crippen MR) is 126 cm³/mol. The Kier molecular flexibility index (Phi) is 6.22. The van der Waals surface area contributed by atoms with Crippen molar-refractivity contribution in [3.05, 3.63) is 59.2 Å². The van der Waals surface area contributed by atoms with E-state index in [-0.39, 0.29) is 18.0 Å². The van der Waals surface area contributed by atoms with Gasteiger partial charge in [0.1, 0.15) is 5.54 Å². The second-order valence-electron chi connectivity index (χ2n) is 9.17. The molecule has 0 radical (unpaired) electrons. The van der Waals surface area contributed by atoms with Crippen LogP contribution in [-0.2, 0) is 22.5 Å². The zero-order valence-corrected chi connectivity index (χ0v) is 19.3. The number of rotatable bonds is 4. The number of anilines is 2. The summed E-state index contributed by atoms with van der Waals surface area (Å²) in [6.07, 6.45) is 1.20. The molecule has 0 aromatic heterocycles. The zero-order valence-electron chi connectivity index (χ0n) is 19.3. The highest BCUT2D eigenvalue weighted by molar-refractivity contribution is 6.02. The first-order chi connectivity index (χ1) is 15.3. The number of nitrogens with zero attached hydrogens (tertiary/aromatic N) is 2. The molecule has 1 saturated heterocycles. The Balaban J connectivity index is 1.51.